The van der Waals surface area contributed by atoms with E-state index in [1.54, 1.807) is 0 Å². The zero-order valence-corrected chi connectivity index (χ0v) is 13.2. The molecule has 1 spiro atoms. The van der Waals surface area contributed by atoms with Gasteiger partial charge in [-0.3, -0.25) is 0 Å². The quantitative estimate of drug-likeness (QED) is 0.866. The van der Waals surface area contributed by atoms with Crippen molar-refractivity contribution in [3.8, 4) is 0 Å². The number of nitrogens with one attached hydrogen (secondary N) is 1. The lowest BCUT2D eigenvalue weighted by Gasteiger charge is -2.46. The van der Waals surface area contributed by atoms with Crippen LogP contribution < -0.4 is 5.32 Å². The molecule has 4 aliphatic rings. The molecule has 2 bridgehead atoms. The Bertz CT molecular complexity index is 364. The average molecular weight is 295 g/mol. The van der Waals surface area contributed by atoms with Crippen LogP contribution in [0, 0.1) is 11.8 Å². The summed E-state index contributed by atoms with van der Waals surface area (Å²) < 4.78 is 17.9. The minimum Gasteiger partial charge on any atom is -0.381 e. The smallest absolute Gasteiger partial charge is 0.0729 e. The Kier molecular flexibility index (Phi) is 3.99. The molecule has 0 aromatic heterocycles. The van der Waals surface area contributed by atoms with Crippen LogP contribution in [-0.4, -0.2) is 50.7 Å². The van der Waals surface area contributed by atoms with E-state index in [1.807, 2.05) is 0 Å². The SMILES string of the molecule is CNC(C1CCOC2(CCOCC2)C1)C1CC2CCC1O2. The van der Waals surface area contributed by atoms with Crippen molar-refractivity contribution >= 4 is 0 Å². The zero-order chi connectivity index (χ0) is 14.3. The molecule has 0 saturated carbocycles. The number of hydrogen-bond donors (Lipinski definition) is 1. The van der Waals surface area contributed by atoms with Crippen LogP contribution >= 0.6 is 0 Å². The molecule has 0 radical (unpaired) electrons. The van der Waals surface area contributed by atoms with E-state index in [9.17, 15) is 0 Å². The first-order chi connectivity index (χ1) is 10.3. The molecule has 4 aliphatic heterocycles. The van der Waals surface area contributed by atoms with Gasteiger partial charge in [0.2, 0.25) is 0 Å². The van der Waals surface area contributed by atoms with Crippen molar-refractivity contribution in [2.24, 2.45) is 11.8 Å². The van der Waals surface area contributed by atoms with Crippen LogP contribution in [0.15, 0.2) is 0 Å². The number of ether oxygens (including phenoxy) is 3. The second-order valence-electron chi connectivity index (χ2n) is 7.48. The van der Waals surface area contributed by atoms with Crippen molar-refractivity contribution in [2.75, 3.05) is 26.9 Å². The Labute approximate surface area is 127 Å². The van der Waals surface area contributed by atoms with Gasteiger partial charge in [-0.2, -0.15) is 0 Å². The van der Waals surface area contributed by atoms with Gasteiger partial charge in [-0.25, -0.2) is 0 Å². The Morgan fingerprint density at radius 2 is 1.95 bits per heavy atom. The monoisotopic (exact) mass is 295 g/mol. The van der Waals surface area contributed by atoms with Crippen molar-refractivity contribution < 1.29 is 14.2 Å². The fourth-order valence-corrected chi connectivity index (χ4v) is 5.32. The van der Waals surface area contributed by atoms with Gasteiger partial charge in [0.15, 0.2) is 0 Å². The summed E-state index contributed by atoms with van der Waals surface area (Å²) in [6.45, 7) is 2.66. The summed E-state index contributed by atoms with van der Waals surface area (Å²) in [5.74, 6) is 1.45. The van der Waals surface area contributed by atoms with Crippen molar-refractivity contribution in [1.82, 2.24) is 5.32 Å². The minimum absolute atomic E-state index is 0.106. The van der Waals surface area contributed by atoms with Crippen LogP contribution in [0.3, 0.4) is 0 Å². The molecule has 1 N–H and O–H groups in total. The summed E-state index contributed by atoms with van der Waals surface area (Å²) in [7, 11) is 2.14. The molecule has 0 aliphatic carbocycles. The van der Waals surface area contributed by atoms with E-state index in [4.69, 9.17) is 14.2 Å². The van der Waals surface area contributed by atoms with Gasteiger partial charge in [-0.1, -0.05) is 0 Å². The van der Waals surface area contributed by atoms with Gasteiger partial charge in [0, 0.05) is 31.8 Å². The Hall–Kier alpha value is -0.160. The predicted molar refractivity (Wildman–Crippen MR) is 80.3 cm³/mol. The Morgan fingerprint density at radius 1 is 1.10 bits per heavy atom. The van der Waals surface area contributed by atoms with Crippen molar-refractivity contribution in [2.45, 2.75) is 68.8 Å². The molecule has 4 heterocycles. The van der Waals surface area contributed by atoms with E-state index in [1.165, 1.54) is 32.1 Å². The molecule has 4 fully saturated rings. The maximum absolute atomic E-state index is 6.22. The predicted octanol–water partition coefficient (Wildman–Crippen LogP) is 2.12. The van der Waals surface area contributed by atoms with Gasteiger partial charge < -0.3 is 19.5 Å². The number of hydrogen-bond acceptors (Lipinski definition) is 4. The lowest BCUT2D eigenvalue weighted by molar-refractivity contribution is -0.152. The fraction of sp³-hybridized carbons (Fsp3) is 1.00. The third kappa shape index (κ3) is 2.65. The highest BCUT2D eigenvalue weighted by Gasteiger charge is 2.48. The van der Waals surface area contributed by atoms with E-state index in [-0.39, 0.29) is 5.60 Å². The number of rotatable bonds is 3. The van der Waals surface area contributed by atoms with Crippen LogP contribution in [0.25, 0.3) is 0 Å². The minimum atomic E-state index is 0.106. The highest BCUT2D eigenvalue weighted by Crippen LogP contribution is 2.45. The molecule has 5 atom stereocenters. The first-order valence-corrected chi connectivity index (χ1v) is 8.84. The second-order valence-corrected chi connectivity index (χ2v) is 7.48. The van der Waals surface area contributed by atoms with E-state index >= 15 is 0 Å². The second kappa shape index (κ2) is 5.80. The third-order valence-corrected chi connectivity index (χ3v) is 6.39. The summed E-state index contributed by atoms with van der Waals surface area (Å²) in [5, 5.41) is 3.65. The van der Waals surface area contributed by atoms with Gasteiger partial charge in [0.25, 0.3) is 0 Å². The zero-order valence-electron chi connectivity index (χ0n) is 13.2. The van der Waals surface area contributed by atoms with Crippen molar-refractivity contribution in [1.29, 1.82) is 0 Å². The normalized spacial score (nSPS) is 43.3. The molecule has 4 saturated heterocycles. The van der Waals surface area contributed by atoms with Crippen LogP contribution in [0.2, 0.25) is 0 Å². The summed E-state index contributed by atoms with van der Waals surface area (Å²) in [6, 6.07) is 0.601. The van der Waals surface area contributed by atoms with E-state index < -0.39 is 0 Å². The van der Waals surface area contributed by atoms with E-state index in [2.05, 4.69) is 12.4 Å². The first-order valence-electron chi connectivity index (χ1n) is 8.84. The van der Waals surface area contributed by atoms with Gasteiger partial charge in [-0.15, -0.1) is 0 Å². The lowest BCUT2D eigenvalue weighted by Crippen LogP contribution is -2.52. The molecule has 120 valence electrons. The summed E-state index contributed by atoms with van der Waals surface area (Å²) in [6.07, 6.45) is 9.44. The molecule has 21 heavy (non-hydrogen) atoms. The van der Waals surface area contributed by atoms with Gasteiger partial charge in [0.05, 0.1) is 17.8 Å². The lowest BCUT2D eigenvalue weighted by atomic mass is 9.71. The molecule has 0 amide bonds. The maximum atomic E-state index is 6.22. The van der Waals surface area contributed by atoms with Gasteiger partial charge >= 0.3 is 0 Å². The highest BCUT2D eigenvalue weighted by atomic mass is 16.5. The van der Waals surface area contributed by atoms with E-state index in [0.717, 1.165) is 38.6 Å². The number of fused-ring (bicyclic) bond motifs is 2. The Balaban J connectivity index is 1.46. The average Bonchev–Trinajstić information content (AvgIpc) is 3.12. The van der Waals surface area contributed by atoms with Crippen LogP contribution in [0.4, 0.5) is 0 Å². The molecule has 0 aromatic rings. The van der Waals surface area contributed by atoms with Crippen LogP contribution in [0.1, 0.15) is 44.9 Å². The van der Waals surface area contributed by atoms with Gasteiger partial charge in [-0.05, 0) is 57.9 Å². The summed E-state index contributed by atoms with van der Waals surface area (Å²) >= 11 is 0. The molecule has 4 rings (SSSR count). The fourth-order valence-electron chi connectivity index (χ4n) is 5.32. The van der Waals surface area contributed by atoms with Crippen molar-refractivity contribution in [3.63, 3.8) is 0 Å². The van der Waals surface area contributed by atoms with E-state index in [0.29, 0.717) is 24.2 Å². The molecular weight excluding hydrogens is 266 g/mol. The topological polar surface area (TPSA) is 39.7 Å². The molecule has 4 heteroatoms. The molecular formula is C17H29NO3. The summed E-state index contributed by atoms with van der Waals surface area (Å²) in [4.78, 5) is 0. The first kappa shape index (κ1) is 14.4. The van der Waals surface area contributed by atoms with Crippen molar-refractivity contribution in [3.05, 3.63) is 0 Å². The molecule has 5 unspecified atom stereocenters. The largest absolute Gasteiger partial charge is 0.381 e. The molecule has 4 nitrogen and oxygen atoms in total. The van der Waals surface area contributed by atoms with Gasteiger partial charge in [0.1, 0.15) is 0 Å². The van der Waals surface area contributed by atoms with Crippen LogP contribution in [0.5, 0.6) is 0 Å². The maximum Gasteiger partial charge on any atom is 0.0729 e. The standard InChI is InChI=1S/C17H29NO3/c1-18-16(14-10-13-2-3-15(14)21-13)12-4-7-20-17(11-12)5-8-19-9-6-17/h12-16,18H,2-11H2,1H3. The third-order valence-electron chi connectivity index (χ3n) is 6.39. The Morgan fingerprint density at radius 3 is 2.62 bits per heavy atom. The summed E-state index contributed by atoms with van der Waals surface area (Å²) in [5.41, 5.74) is 0.106. The molecule has 0 aromatic carbocycles. The van der Waals surface area contributed by atoms with Crippen LogP contribution in [-0.2, 0) is 14.2 Å². The highest BCUT2D eigenvalue weighted by molar-refractivity contribution is 5.00.